The van der Waals surface area contributed by atoms with E-state index in [0.29, 0.717) is 11.1 Å². The van der Waals surface area contributed by atoms with Crippen LogP contribution in [0.25, 0.3) is 10.9 Å². The van der Waals surface area contributed by atoms with E-state index in [1.165, 1.54) is 19.2 Å². The monoisotopic (exact) mass is 235 g/mol. The highest BCUT2D eigenvalue weighted by Gasteiger charge is 2.20. The number of phenolic OH excluding ortho intramolecular Hbond substituents is 1. The normalized spacial score (nSPS) is 10.9. The van der Waals surface area contributed by atoms with Gasteiger partial charge in [0.1, 0.15) is 5.75 Å². The Morgan fingerprint density at radius 2 is 2.18 bits per heavy atom. The van der Waals surface area contributed by atoms with Gasteiger partial charge in [0, 0.05) is 25.1 Å². The highest BCUT2D eigenvalue weighted by molar-refractivity contribution is 6.05. The second-order valence-corrected chi connectivity index (χ2v) is 3.82. The number of ether oxygens (including phenoxy) is 1. The van der Waals surface area contributed by atoms with Gasteiger partial charge in [-0.2, -0.15) is 0 Å². The number of benzene rings is 1. The number of aromatic carboxylic acids is 1. The number of aromatic hydroxyl groups is 1. The average Bonchev–Trinajstić information content (AvgIpc) is 2.52. The van der Waals surface area contributed by atoms with Gasteiger partial charge in [-0.15, -0.1) is 0 Å². The van der Waals surface area contributed by atoms with Crippen LogP contribution in [0.3, 0.4) is 0 Å². The van der Waals surface area contributed by atoms with Crippen molar-refractivity contribution in [2.75, 3.05) is 7.11 Å². The Morgan fingerprint density at radius 3 is 2.76 bits per heavy atom. The van der Waals surface area contributed by atoms with Gasteiger partial charge in [-0.1, -0.05) is 0 Å². The van der Waals surface area contributed by atoms with Gasteiger partial charge in [0.25, 0.3) is 0 Å². The van der Waals surface area contributed by atoms with E-state index in [1.54, 1.807) is 17.7 Å². The largest absolute Gasteiger partial charge is 0.508 e. The second kappa shape index (κ2) is 4.10. The Kier molecular flexibility index (Phi) is 2.77. The number of carbonyl (C=O) groups is 1. The lowest BCUT2D eigenvalue weighted by Gasteiger charge is -2.03. The summed E-state index contributed by atoms with van der Waals surface area (Å²) in [5, 5.41) is 19.2. The number of aromatic nitrogens is 1. The second-order valence-electron chi connectivity index (χ2n) is 3.82. The molecule has 90 valence electrons. The summed E-state index contributed by atoms with van der Waals surface area (Å²) in [7, 11) is 3.29. The van der Waals surface area contributed by atoms with Gasteiger partial charge in [0.15, 0.2) is 0 Å². The summed E-state index contributed by atoms with van der Waals surface area (Å²) < 4.78 is 6.78. The van der Waals surface area contributed by atoms with Crippen molar-refractivity contribution in [2.24, 2.45) is 7.05 Å². The average molecular weight is 235 g/mol. The van der Waals surface area contributed by atoms with Crippen molar-refractivity contribution in [1.29, 1.82) is 0 Å². The molecular formula is C12H13NO4. The Balaban J connectivity index is 2.83. The van der Waals surface area contributed by atoms with Crippen LogP contribution in [-0.4, -0.2) is 27.9 Å². The first-order valence-corrected chi connectivity index (χ1v) is 5.08. The molecule has 1 aromatic carbocycles. The zero-order valence-electron chi connectivity index (χ0n) is 9.60. The van der Waals surface area contributed by atoms with Gasteiger partial charge < -0.3 is 19.5 Å². The molecule has 0 aliphatic heterocycles. The summed E-state index contributed by atoms with van der Waals surface area (Å²) in [5.41, 5.74) is 1.52. The number of nitrogens with zero attached hydrogens (tertiary/aromatic N) is 1. The van der Waals surface area contributed by atoms with Crippen molar-refractivity contribution in [3.8, 4) is 5.75 Å². The summed E-state index contributed by atoms with van der Waals surface area (Å²) in [5.74, 6) is -0.970. The molecule has 0 radical (unpaired) electrons. The number of fused-ring (bicyclic) bond motifs is 1. The summed E-state index contributed by atoms with van der Waals surface area (Å²) in [6, 6.07) is 4.68. The Labute approximate surface area is 97.9 Å². The van der Waals surface area contributed by atoms with E-state index in [4.69, 9.17) is 4.74 Å². The summed E-state index contributed by atoms with van der Waals surface area (Å²) in [6.45, 7) is 0.216. The SMILES string of the molecule is COCc1c(C(=O)O)c2cc(O)ccc2n1C. The lowest BCUT2D eigenvalue weighted by Crippen LogP contribution is -2.05. The molecule has 5 nitrogen and oxygen atoms in total. The van der Waals surface area contributed by atoms with Crippen molar-refractivity contribution in [3.05, 3.63) is 29.5 Å². The zero-order valence-corrected chi connectivity index (χ0v) is 9.60. The predicted molar refractivity (Wildman–Crippen MR) is 62.3 cm³/mol. The minimum atomic E-state index is -1.02. The van der Waals surface area contributed by atoms with Crippen LogP contribution in [0.4, 0.5) is 0 Å². The molecule has 0 aliphatic rings. The van der Waals surface area contributed by atoms with E-state index < -0.39 is 5.97 Å². The standard InChI is InChI=1S/C12H13NO4/c1-13-9-4-3-7(14)5-8(9)11(12(15)16)10(13)6-17-2/h3-5,14H,6H2,1-2H3,(H,15,16). The van der Waals surface area contributed by atoms with Gasteiger partial charge >= 0.3 is 5.97 Å². The first-order valence-electron chi connectivity index (χ1n) is 5.08. The Hall–Kier alpha value is -2.01. The summed E-state index contributed by atoms with van der Waals surface area (Å²) in [4.78, 5) is 11.3. The summed E-state index contributed by atoms with van der Waals surface area (Å²) >= 11 is 0. The summed E-state index contributed by atoms with van der Waals surface area (Å²) in [6.07, 6.45) is 0. The molecule has 0 aliphatic carbocycles. The lowest BCUT2D eigenvalue weighted by atomic mass is 10.1. The van der Waals surface area contributed by atoms with E-state index >= 15 is 0 Å². The third kappa shape index (κ3) is 1.74. The maximum Gasteiger partial charge on any atom is 0.338 e. The predicted octanol–water partition coefficient (Wildman–Crippen LogP) is 1.73. The minimum Gasteiger partial charge on any atom is -0.508 e. The molecular weight excluding hydrogens is 222 g/mol. The molecule has 1 heterocycles. The number of aryl methyl sites for hydroxylation is 1. The molecule has 0 saturated heterocycles. The number of carboxylic acids is 1. The van der Waals surface area contributed by atoms with Crippen LogP contribution < -0.4 is 0 Å². The fraction of sp³-hybridized carbons (Fsp3) is 0.250. The van der Waals surface area contributed by atoms with Gasteiger partial charge in [-0.3, -0.25) is 0 Å². The van der Waals surface area contributed by atoms with Crippen LogP contribution in [0.5, 0.6) is 5.75 Å². The smallest absolute Gasteiger partial charge is 0.338 e. The van der Waals surface area contributed by atoms with Gasteiger partial charge in [-0.25, -0.2) is 4.79 Å². The highest BCUT2D eigenvalue weighted by Crippen LogP contribution is 2.28. The molecule has 2 N–H and O–H groups in total. The van der Waals surface area contributed by atoms with E-state index in [2.05, 4.69) is 0 Å². The molecule has 0 unspecified atom stereocenters. The molecule has 0 spiro atoms. The van der Waals surface area contributed by atoms with Crippen LogP contribution >= 0.6 is 0 Å². The molecule has 2 aromatic rings. The van der Waals surface area contributed by atoms with Crippen molar-refractivity contribution >= 4 is 16.9 Å². The van der Waals surface area contributed by atoms with Crippen LogP contribution in [0, 0.1) is 0 Å². The van der Waals surface area contributed by atoms with Gasteiger partial charge in [-0.05, 0) is 18.2 Å². The van der Waals surface area contributed by atoms with Gasteiger partial charge in [0.2, 0.25) is 0 Å². The number of methoxy groups -OCH3 is 1. The molecule has 0 bridgehead atoms. The Bertz CT molecular complexity index is 586. The van der Waals surface area contributed by atoms with Crippen molar-refractivity contribution in [3.63, 3.8) is 0 Å². The number of phenols is 1. The van der Waals surface area contributed by atoms with E-state index in [9.17, 15) is 15.0 Å². The van der Waals surface area contributed by atoms with E-state index in [1.807, 2.05) is 0 Å². The van der Waals surface area contributed by atoms with E-state index in [0.717, 1.165) is 5.52 Å². The molecule has 0 atom stereocenters. The van der Waals surface area contributed by atoms with Crippen molar-refractivity contribution < 1.29 is 19.7 Å². The number of hydrogen-bond donors (Lipinski definition) is 2. The third-order valence-electron chi connectivity index (χ3n) is 2.80. The maximum atomic E-state index is 11.3. The number of rotatable bonds is 3. The molecule has 0 saturated carbocycles. The minimum absolute atomic E-state index is 0.0505. The highest BCUT2D eigenvalue weighted by atomic mass is 16.5. The quantitative estimate of drug-likeness (QED) is 0.849. The van der Waals surface area contributed by atoms with Crippen LogP contribution in [0.15, 0.2) is 18.2 Å². The van der Waals surface area contributed by atoms with Crippen LogP contribution in [0.1, 0.15) is 16.1 Å². The third-order valence-corrected chi connectivity index (χ3v) is 2.80. The first kappa shape index (κ1) is 11.5. The van der Waals surface area contributed by atoms with E-state index in [-0.39, 0.29) is 17.9 Å². The molecule has 1 aromatic heterocycles. The topological polar surface area (TPSA) is 71.7 Å². The fourth-order valence-corrected chi connectivity index (χ4v) is 2.03. The number of hydrogen-bond acceptors (Lipinski definition) is 3. The molecule has 0 fully saturated rings. The van der Waals surface area contributed by atoms with Crippen LogP contribution in [0.2, 0.25) is 0 Å². The van der Waals surface area contributed by atoms with Gasteiger partial charge in [0.05, 0.1) is 17.9 Å². The lowest BCUT2D eigenvalue weighted by molar-refractivity contribution is 0.0693. The molecule has 17 heavy (non-hydrogen) atoms. The van der Waals surface area contributed by atoms with Crippen LogP contribution in [-0.2, 0) is 18.4 Å². The maximum absolute atomic E-state index is 11.3. The van der Waals surface area contributed by atoms with Crippen molar-refractivity contribution in [1.82, 2.24) is 4.57 Å². The molecule has 2 rings (SSSR count). The number of carboxylic acid groups (broad SMARTS) is 1. The molecule has 0 amide bonds. The van der Waals surface area contributed by atoms with Crippen molar-refractivity contribution in [2.45, 2.75) is 6.61 Å². The first-order chi connectivity index (χ1) is 8.06. The fourth-order valence-electron chi connectivity index (χ4n) is 2.03. The molecule has 5 heteroatoms. The zero-order chi connectivity index (χ0) is 12.6. The Morgan fingerprint density at radius 1 is 1.47 bits per heavy atom.